The van der Waals surface area contributed by atoms with E-state index in [1.54, 1.807) is 0 Å². The lowest BCUT2D eigenvalue weighted by molar-refractivity contribution is 0.837. The SMILES string of the molecule is Clc1ccc2ccn(Cc3ccccc3Cl)c2c1. The molecule has 0 N–H and O–H groups in total. The molecule has 0 aliphatic carbocycles. The van der Waals surface area contributed by atoms with E-state index >= 15 is 0 Å². The molecular weight excluding hydrogens is 265 g/mol. The Balaban J connectivity index is 2.05. The van der Waals surface area contributed by atoms with Crippen LogP contribution in [-0.4, -0.2) is 4.57 Å². The van der Waals surface area contributed by atoms with E-state index in [2.05, 4.69) is 16.8 Å². The van der Waals surface area contributed by atoms with Crippen LogP contribution < -0.4 is 0 Å². The predicted octanol–water partition coefficient (Wildman–Crippen LogP) is 5.00. The van der Waals surface area contributed by atoms with Crippen molar-refractivity contribution in [2.75, 3.05) is 0 Å². The second-order valence-electron chi connectivity index (χ2n) is 4.24. The van der Waals surface area contributed by atoms with Gasteiger partial charge in [-0.25, -0.2) is 0 Å². The molecule has 1 aromatic heterocycles. The Labute approximate surface area is 116 Å². The highest BCUT2D eigenvalue weighted by Gasteiger charge is 2.04. The number of rotatable bonds is 2. The largest absolute Gasteiger partial charge is 0.343 e. The lowest BCUT2D eigenvalue weighted by Crippen LogP contribution is -1.98. The van der Waals surface area contributed by atoms with Crippen LogP contribution in [0.25, 0.3) is 10.9 Å². The summed E-state index contributed by atoms with van der Waals surface area (Å²) in [4.78, 5) is 0. The molecule has 3 heteroatoms. The fraction of sp³-hybridized carbons (Fsp3) is 0.0667. The topological polar surface area (TPSA) is 4.93 Å². The molecule has 0 aliphatic heterocycles. The molecule has 0 bridgehead atoms. The third kappa shape index (κ3) is 2.12. The lowest BCUT2D eigenvalue weighted by atomic mass is 10.2. The van der Waals surface area contributed by atoms with Crippen LogP contribution in [0.15, 0.2) is 54.7 Å². The zero-order valence-corrected chi connectivity index (χ0v) is 11.1. The molecule has 3 rings (SSSR count). The molecule has 0 fully saturated rings. The van der Waals surface area contributed by atoms with E-state index in [-0.39, 0.29) is 0 Å². The summed E-state index contributed by atoms with van der Waals surface area (Å²) in [5, 5.41) is 2.73. The van der Waals surface area contributed by atoms with Crippen molar-refractivity contribution in [2.45, 2.75) is 6.54 Å². The number of benzene rings is 2. The first kappa shape index (κ1) is 11.6. The van der Waals surface area contributed by atoms with Crippen molar-refractivity contribution < 1.29 is 0 Å². The van der Waals surface area contributed by atoms with Gasteiger partial charge in [-0.3, -0.25) is 0 Å². The molecule has 1 heterocycles. The van der Waals surface area contributed by atoms with Crippen molar-refractivity contribution in [3.05, 3.63) is 70.3 Å². The molecule has 0 saturated heterocycles. The van der Waals surface area contributed by atoms with Crippen molar-refractivity contribution in [1.82, 2.24) is 4.57 Å². The fourth-order valence-electron chi connectivity index (χ4n) is 2.11. The summed E-state index contributed by atoms with van der Waals surface area (Å²) >= 11 is 12.2. The Kier molecular flexibility index (Phi) is 3.02. The Morgan fingerprint density at radius 2 is 1.78 bits per heavy atom. The molecule has 0 atom stereocenters. The van der Waals surface area contributed by atoms with Crippen molar-refractivity contribution in [1.29, 1.82) is 0 Å². The summed E-state index contributed by atoms with van der Waals surface area (Å²) < 4.78 is 2.16. The normalized spacial score (nSPS) is 11.0. The molecule has 0 radical (unpaired) electrons. The molecule has 2 aromatic carbocycles. The maximum atomic E-state index is 6.18. The smallest absolute Gasteiger partial charge is 0.0498 e. The zero-order valence-electron chi connectivity index (χ0n) is 9.61. The van der Waals surface area contributed by atoms with Gasteiger partial charge in [-0.05, 0) is 35.2 Å². The van der Waals surface area contributed by atoms with Crippen LogP contribution in [-0.2, 0) is 6.54 Å². The van der Waals surface area contributed by atoms with Gasteiger partial charge in [0.25, 0.3) is 0 Å². The number of fused-ring (bicyclic) bond motifs is 1. The quantitative estimate of drug-likeness (QED) is 0.621. The van der Waals surface area contributed by atoms with Crippen molar-refractivity contribution in [3.63, 3.8) is 0 Å². The van der Waals surface area contributed by atoms with Crippen molar-refractivity contribution >= 4 is 34.1 Å². The molecule has 0 spiro atoms. The average Bonchev–Trinajstić information content (AvgIpc) is 2.75. The van der Waals surface area contributed by atoms with E-state index in [1.807, 2.05) is 42.5 Å². The van der Waals surface area contributed by atoms with Gasteiger partial charge < -0.3 is 4.57 Å². The second kappa shape index (κ2) is 4.68. The van der Waals surface area contributed by atoms with Crippen LogP contribution in [0.2, 0.25) is 10.0 Å². The number of hydrogen-bond donors (Lipinski definition) is 0. The van der Waals surface area contributed by atoms with Crippen LogP contribution in [0.5, 0.6) is 0 Å². The number of nitrogens with zero attached hydrogens (tertiary/aromatic N) is 1. The number of aromatic nitrogens is 1. The molecular formula is C15H11Cl2N. The summed E-state index contributed by atoms with van der Waals surface area (Å²) in [6.45, 7) is 0.753. The first-order chi connectivity index (χ1) is 8.74. The van der Waals surface area contributed by atoms with E-state index in [4.69, 9.17) is 23.2 Å². The van der Waals surface area contributed by atoms with Gasteiger partial charge in [-0.2, -0.15) is 0 Å². The van der Waals surface area contributed by atoms with Gasteiger partial charge in [0.1, 0.15) is 0 Å². The molecule has 0 aliphatic rings. The highest BCUT2D eigenvalue weighted by atomic mass is 35.5. The van der Waals surface area contributed by atoms with Gasteiger partial charge in [-0.1, -0.05) is 47.5 Å². The lowest BCUT2D eigenvalue weighted by Gasteiger charge is -2.07. The van der Waals surface area contributed by atoms with Gasteiger partial charge in [0.2, 0.25) is 0 Å². The zero-order chi connectivity index (χ0) is 12.5. The Hall–Kier alpha value is -1.44. The monoisotopic (exact) mass is 275 g/mol. The molecule has 0 saturated carbocycles. The van der Waals surface area contributed by atoms with E-state index in [1.165, 1.54) is 5.39 Å². The van der Waals surface area contributed by atoms with Crippen LogP contribution in [0.3, 0.4) is 0 Å². The highest BCUT2D eigenvalue weighted by Crippen LogP contribution is 2.23. The van der Waals surface area contributed by atoms with E-state index in [9.17, 15) is 0 Å². The first-order valence-electron chi connectivity index (χ1n) is 5.72. The minimum absolute atomic E-state index is 0.751. The van der Waals surface area contributed by atoms with E-state index < -0.39 is 0 Å². The predicted molar refractivity (Wildman–Crippen MR) is 77.5 cm³/mol. The molecule has 3 aromatic rings. The minimum Gasteiger partial charge on any atom is -0.343 e. The molecule has 18 heavy (non-hydrogen) atoms. The molecule has 0 unspecified atom stereocenters. The van der Waals surface area contributed by atoms with Gasteiger partial charge in [0, 0.05) is 28.3 Å². The summed E-state index contributed by atoms with van der Waals surface area (Å²) in [5.41, 5.74) is 2.24. The maximum Gasteiger partial charge on any atom is 0.0498 e. The molecule has 1 nitrogen and oxygen atoms in total. The minimum atomic E-state index is 0.751. The van der Waals surface area contributed by atoms with Gasteiger partial charge in [0.05, 0.1) is 0 Å². The van der Waals surface area contributed by atoms with Crippen LogP contribution in [0.4, 0.5) is 0 Å². The van der Waals surface area contributed by atoms with Crippen LogP contribution in [0.1, 0.15) is 5.56 Å². The second-order valence-corrected chi connectivity index (χ2v) is 5.08. The summed E-state index contributed by atoms with van der Waals surface area (Å²) in [7, 11) is 0. The van der Waals surface area contributed by atoms with Gasteiger partial charge in [0.15, 0.2) is 0 Å². The molecule has 90 valence electrons. The van der Waals surface area contributed by atoms with E-state index in [0.717, 1.165) is 27.7 Å². The van der Waals surface area contributed by atoms with Gasteiger partial charge in [-0.15, -0.1) is 0 Å². The standard InChI is InChI=1S/C15H11Cl2N/c16-13-6-5-11-7-8-18(15(11)9-13)10-12-3-1-2-4-14(12)17/h1-9H,10H2. The highest BCUT2D eigenvalue weighted by molar-refractivity contribution is 6.31. The number of halogens is 2. The Bertz CT molecular complexity index is 701. The summed E-state index contributed by atoms with van der Waals surface area (Å²) in [6, 6.07) is 15.9. The summed E-state index contributed by atoms with van der Waals surface area (Å²) in [5.74, 6) is 0. The third-order valence-corrected chi connectivity index (χ3v) is 3.64. The van der Waals surface area contributed by atoms with E-state index in [0.29, 0.717) is 0 Å². The Morgan fingerprint density at radius 3 is 2.61 bits per heavy atom. The maximum absolute atomic E-state index is 6.18. The Morgan fingerprint density at radius 1 is 0.944 bits per heavy atom. The molecule has 0 amide bonds. The summed E-state index contributed by atoms with van der Waals surface area (Å²) in [6.07, 6.45) is 2.06. The fourth-order valence-corrected chi connectivity index (χ4v) is 2.47. The average molecular weight is 276 g/mol. The van der Waals surface area contributed by atoms with Crippen molar-refractivity contribution in [3.8, 4) is 0 Å². The first-order valence-corrected chi connectivity index (χ1v) is 6.47. The van der Waals surface area contributed by atoms with Crippen LogP contribution >= 0.6 is 23.2 Å². The third-order valence-electron chi connectivity index (χ3n) is 3.03. The van der Waals surface area contributed by atoms with Gasteiger partial charge >= 0.3 is 0 Å². The van der Waals surface area contributed by atoms with Crippen molar-refractivity contribution in [2.24, 2.45) is 0 Å². The number of hydrogen-bond acceptors (Lipinski definition) is 0. The van der Waals surface area contributed by atoms with Crippen LogP contribution in [0, 0.1) is 0 Å².